The fourth-order valence-electron chi connectivity index (χ4n) is 2.86. The molecule has 0 amide bonds. The lowest BCUT2D eigenvalue weighted by Crippen LogP contribution is -2.19. The van der Waals surface area contributed by atoms with Crippen molar-refractivity contribution >= 4 is 45.0 Å². The monoisotopic (exact) mass is 410 g/mol. The van der Waals surface area contributed by atoms with E-state index in [1.807, 2.05) is 61.5 Å². The highest BCUT2D eigenvalue weighted by molar-refractivity contribution is 7.19. The summed E-state index contributed by atoms with van der Waals surface area (Å²) >= 11 is 2.98. The molecule has 5 nitrogen and oxygen atoms in total. The van der Waals surface area contributed by atoms with Crippen LogP contribution in [0.1, 0.15) is 17.5 Å². The lowest BCUT2D eigenvalue weighted by atomic mass is 10.2. The van der Waals surface area contributed by atoms with E-state index in [1.165, 1.54) is 11.3 Å². The van der Waals surface area contributed by atoms with Gasteiger partial charge in [0.15, 0.2) is 11.5 Å². The molecule has 0 fully saturated rings. The predicted molar refractivity (Wildman–Crippen MR) is 115 cm³/mol. The third kappa shape index (κ3) is 3.72. The largest absolute Gasteiger partial charge is 0.492 e. The molecular formula is C21H18N2O3S2. The number of ether oxygens (including phenoxy) is 2. The van der Waals surface area contributed by atoms with Crippen LogP contribution in [0, 0.1) is 0 Å². The van der Waals surface area contributed by atoms with Crippen LogP contribution < -0.4 is 24.2 Å². The molecule has 142 valence electrons. The first-order chi connectivity index (χ1) is 13.7. The maximum absolute atomic E-state index is 12.4. The number of fused-ring (bicyclic) bond motifs is 1. The fourth-order valence-corrected chi connectivity index (χ4v) is 4.73. The summed E-state index contributed by atoms with van der Waals surface area (Å²) in [5.41, 5.74) is 1.62. The number of aromatic nitrogens is 2. The second-order valence-corrected chi connectivity index (χ2v) is 8.05. The Morgan fingerprint density at radius 1 is 1.11 bits per heavy atom. The Balaban J connectivity index is 1.78. The second kappa shape index (κ2) is 8.00. The van der Waals surface area contributed by atoms with Crippen LogP contribution in [-0.2, 0) is 0 Å². The van der Waals surface area contributed by atoms with Crippen molar-refractivity contribution in [3.8, 4) is 11.5 Å². The summed E-state index contributed by atoms with van der Waals surface area (Å²) < 4.78 is 13.6. The number of nitrogens with zero attached hydrogens (tertiary/aromatic N) is 1. The molecule has 0 spiro atoms. The van der Waals surface area contributed by atoms with Crippen LogP contribution in [0.15, 0.2) is 47.3 Å². The van der Waals surface area contributed by atoms with Gasteiger partial charge < -0.3 is 14.5 Å². The van der Waals surface area contributed by atoms with E-state index >= 15 is 0 Å². The van der Waals surface area contributed by atoms with Gasteiger partial charge in [-0.15, -0.1) is 22.7 Å². The number of H-pyrrole nitrogens is 1. The van der Waals surface area contributed by atoms with Gasteiger partial charge in [0, 0.05) is 11.6 Å². The molecule has 28 heavy (non-hydrogen) atoms. The average molecular weight is 411 g/mol. The highest BCUT2D eigenvalue weighted by Crippen LogP contribution is 2.31. The molecule has 0 saturated carbocycles. The molecule has 0 saturated heterocycles. The normalized spacial score (nSPS) is 12.6. The van der Waals surface area contributed by atoms with Gasteiger partial charge >= 0.3 is 0 Å². The van der Waals surface area contributed by atoms with Crippen molar-refractivity contribution in [3.05, 3.63) is 72.6 Å². The van der Waals surface area contributed by atoms with Crippen molar-refractivity contribution in [2.24, 2.45) is 0 Å². The minimum absolute atomic E-state index is 0.138. The third-order valence-electron chi connectivity index (χ3n) is 4.05. The highest BCUT2D eigenvalue weighted by atomic mass is 32.1. The Labute approximate surface area is 169 Å². The van der Waals surface area contributed by atoms with Gasteiger partial charge in [0.05, 0.1) is 33.1 Å². The molecule has 7 heteroatoms. The molecule has 2 aromatic carbocycles. The number of para-hydroxylation sites is 2. The van der Waals surface area contributed by atoms with E-state index in [2.05, 4.69) is 9.97 Å². The molecule has 4 rings (SSSR count). The van der Waals surface area contributed by atoms with Gasteiger partial charge in [0.1, 0.15) is 5.01 Å². The first-order valence-corrected chi connectivity index (χ1v) is 10.4. The number of benzene rings is 2. The van der Waals surface area contributed by atoms with Crippen LogP contribution in [0.4, 0.5) is 0 Å². The van der Waals surface area contributed by atoms with Crippen molar-refractivity contribution in [2.75, 3.05) is 13.7 Å². The fraction of sp³-hybridized carbons (Fsp3) is 0.143. The quantitative estimate of drug-likeness (QED) is 0.549. The smallest absolute Gasteiger partial charge is 0.266 e. The number of aromatic amines is 1. The summed E-state index contributed by atoms with van der Waals surface area (Å²) in [6, 6.07) is 13.6. The number of hydrogen-bond acceptors (Lipinski definition) is 6. The topological polar surface area (TPSA) is 64.2 Å². The van der Waals surface area contributed by atoms with E-state index < -0.39 is 0 Å². The van der Waals surface area contributed by atoms with Crippen LogP contribution in [-0.4, -0.2) is 23.7 Å². The molecule has 0 atom stereocenters. The van der Waals surface area contributed by atoms with E-state index in [4.69, 9.17) is 9.47 Å². The summed E-state index contributed by atoms with van der Waals surface area (Å²) in [5.74, 6) is 1.28. The Kier molecular flexibility index (Phi) is 5.27. The van der Waals surface area contributed by atoms with Crippen LogP contribution in [0.25, 0.3) is 22.4 Å². The molecule has 0 radical (unpaired) electrons. The predicted octanol–water partition coefficient (Wildman–Crippen LogP) is 3.11. The number of thiazole rings is 2. The lowest BCUT2D eigenvalue weighted by Gasteiger charge is -2.11. The van der Waals surface area contributed by atoms with E-state index in [1.54, 1.807) is 18.4 Å². The summed E-state index contributed by atoms with van der Waals surface area (Å²) in [6.45, 7) is 2.46. The number of methoxy groups -OCH3 is 1. The lowest BCUT2D eigenvalue weighted by molar-refractivity contribution is 0.310. The van der Waals surface area contributed by atoms with Crippen LogP contribution >= 0.6 is 22.7 Å². The first-order valence-electron chi connectivity index (χ1n) is 8.76. The maximum atomic E-state index is 12.4. The van der Waals surface area contributed by atoms with Gasteiger partial charge in [-0.05, 0) is 31.2 Å². The van der Waals surface area contributed by atoms with Crippen molar-refractivity contribution in [1.29, 1.82) is 0 Å². The van der Waals surface area contributed by atoms with Crippen molar-refractivity contribution in [3.63, 3.8) is 0 Å². The third-order valence-corrected chi connectivity index (χ3v) is 5.99. The molecule has 4 aromatic rings. The standard InChI is InChI=1S/C21H18N2O3S2/c1-3-26-15-9-6-7-13(20(15)25-2)11-17-21(24)23-19(28-17)12-18-22-14-8-4-5-10-16(14)27-18/h4-12H,3H2,1-2H3,(H,23,24)/b17-11-,19-12+. The Bertz CT molecular complexity index is 1270. The number of nitrogens with one attached hydrogen (secondary N) is 1. The Morgan fingerprint density at radius 2 is 1.96 bits per heavy atom. The van der Waals surface area contributed by atoms with Gasteiger partial charge in [0.25, 0.3) is 5.56 Å². The van der Waals surface area contributed by atoms with Crippen molar-refractivity contribution < 1.29 is 9.47 Å². The van der Waals surface area contributed by atoms with Gasteiger partial charge in [-0.2, -0.15) is 0 Å². The summed E-state index contributed by atoms with van der Waals surface area (Å²) in [7, 11) is 1.60. The SMILES string of the molecule is CCOc1cccc(/C=c2\s/c(=C/c3nc4ccccc4s3)[nH]c2=O)c1OC. The first kappa shape index (κ1) is 18.5. The van der Waals surface area contributed by atoms with Gasteiger partial charge in [-0.25, -0.2) is 4.98 Å². The minimum Gasteiger partial charge on any atom is -0.492 e. The molecule has 0 unspecified atom stereocenters. The van der Waals surface area contributed by atoms with Crippen molar-refractivity contribution in [1.82, 2.24) is 9.97 Å². The maximum Gasteiger partial charge on any atom is 0.266 e. The van der Waals surface area contributed by atoms with E-state index in [-0.39, 0.29) is 5.56 Å². The van der Waals surface area contributed by atoms with E-state index in [0.29, 0.717) is 22.6 Å². The Morgan fingerprint density at radius 3 is 2.75 bits per heavy atom. The zero-order chi connectivity index (χ0) is 19.5. The molecule has 0 aliphatic heterocycles. The van der Waals surface area contributed by atoms with Crippen LogP contribution in [0.3, 0.4) is 0 Å². The van der Waals surface area contributed by atoms with Gasteiger partial charge in [0.2, 0.25) is 0 Å². The zero-order valence-electron chi connectivity index (χ0n) is 15.4. The minimum atomic E-state index is -0.138. The zero-order valence-corrected chi connectivity index (χ0v) is 17.0. The van der Waals surface area contributed by atoms with Crippen LogP contribution in [0.5, 0.6) is 11.5 Å². The highest BCUT2D eigenvalue weighted by Gasteiger charge is 2.09. The summed E-state index contributed by atoms with van der Waals surface area (Å²) in [6.07, 6.45) is 3.72. The molecule has 0 aliphatic carbocycles. The average Bonchev–Trinajstić information content (AvgIpc) is 3.25. The number of hydrogen-bond donors (Lipinski definition) is 1. The van der Waals surface area contributed by atoms with Gasteiger partial charge in [-0.1, -0.05) is 24.3 Å². The van der Waals surface area contributed by atoms with Crippen molar-refractivity contribution in [2.45, 2.75) is 6.92 Å². The van der Waals surface area contributed by atoms with E-state index in [9.17, 15) is 4.79 Å². The summed E-state index contributed by atoms with van der Waals surface area (Å²) in [4.78, 5) is 19.9. The molecule has 2 heterocycles. The molecule has 1 N–H and O–H groups in total. The molecule has 0 aliphatic rings. The van der Waals surface area contributed by atoms with E-state index in [0.717, 1.165) is 25.5 Å². The Hall–Kier alpha value is -2.90. The second-order valence-electron chi connectivity index (χ2n) is 5.90. The molecule has 0 bridgehead atoms. The van der Waals surface area contributed by atoms with Crippen LogP contribution in [0.2, 0.25) is 0 Å². The summed E-state index contributed by atoms with van der Waals surface area (Å²) in [5, 5.41) is 0.862. The van der Waals surface area contributed by atoms with Gasteiger partial charge in [-0.3, -0.25) is 4.79 Å². The molecular weight excluding hydrogens is 392 g/mol. The molecule has 2 aromatic heterocycles. The number of rotatable bonds is 5.